The van der Waals surface area contributed by atoms with Crippen LogP contribution in [0.1, 0.15) is 73.6 Å². The van der Waals surface area contributed by atoms with Crippen molar-refractivity contribution < 1.29 is 4.74 Å². The highest BCUT2D eigenvalue weighted by molar-refractivity contribution is 4.81. The minimum Gasteiger partial charge on any atom is -0.379 e. The van der Waals surface area contributed by atoms with Crippen molar-refractivity contribution in [3.8, 4) is 0 Å². The van der Waals surface area contributed by atoms with E-state index in [4.69, 9.17) is 4.74 Å². The molecule has 2 nitrogen and oxygen atoms in total. The molecule has 1 N–H and O–H groups in total. The Labute approximate surface area is 115 Å². The molecule has 0 radical (unpaired) electrons. The van der Waals surface area contributed by atoms with Crippen molar-refractivity contribution in [2.75, 3.05) is 13.2 Å². The van der Waals surface area contributed by atoms with Crippen LogP contribution in [0.25, 0.3) is 0 Å². The van der Waals surface area contributed by atoms with Gasteiger partial charge >= 0.3 is 0 Å². The summed E-state index contributed by atoms with van der Waals surface area (Å²) in [4.78, 5) is 0. The fraction of sp³-hybridized carbons (Fsp3) is 1.00. The van der Waals surface area contributed by atoms with E-state index in [1.54, 1.807) is 0 Å². The Kier molecular flexibility index (Phi) is 9.76. The van der Waals surface area contributed by atoms with Gasteiger partial charge in [0.1, 0.15) is 0 Å². The predicted octanol–water partition coefficient (Wildman–Crippen LogP) is 4.39. The van der Waals surface area contributed by atoms with Gasteiger partial charge in [-0.2, -0.15) is 0 Å². The lowest BCUT2D eigenvalue weighted by Crippen LogP contribution is -2.38. The van der Waals surface area contributed by atoms with Crippen LogP contribution < -0.4 is 5.32 Å². The third-order valence-electron chi connectivity index (χ3n) is 3.78. The predicted molar refractivity (Wildman–Crippen MR) is 81.1 cm³/mol. The fourth-order valence-electron chi connectivity index (χ4n) is 2.26. The number of ether oxygens (including phenoxy) is 1. The highest BCUT2D eigenvalue weighted by atomic mass is 16.5. The standard InChI is InChI=1S/C16H35NO/c1-7-9-10-16(8-2,13-17-14(3)4)11-12-18-15(5)6/h14-15,17H,7-13H2,1-6H3. The largest absolute Gasteiger partial charge is 0.379 e. The molecule has 18 heavy (non-hydrogen) atoms. The van der Waals surface area contributed by atoms with Gasteiger partial charge in [0, 0.05) is 19.2 Å². The number of hydrogen-bond acceptors (Lipinski definition) is 2. The minimum absolute atomic E-state index is 0.351. The van der Waals surface area contributed by atoms with Crippen LogP contribution in [0.5, 0.6) is 0 Å². The molecule has 0 aromatic carbocycles. The summed E-state index contributed by atoms with van der Waals surface area (Å²) in [7, 11) is 0. The van der Waals surface area contributed by atoms with E-state index < -0.39 is 0 Å². The van der Waals surface area contributed by atoms with Gasteiger partial charge in [0.15, 0.2) is 0 Å². The second-order valence-corrected chi connectivity index (χ2v) is 6.16. The smallest absolute Gasteiger partial charge is 0.0518 e. The SMILES string of the molecule is CCCCC(CC)(CCOC(C)C)CNC(C)C. The lowest BCUT2D eigenvalue weighted by Gasteiger charge is -2.34. The van der Waals surface area contributed by atoms with Crippen LogP contribution in [0.2, 0.25) is 0 Å². The van der Waals surface area contributed by atoms with E-state index in [1.165, 1.54) is 32.1 Å². The maximum Gasteiger partial charge on any atom is 0.0518 e. The number of nitrogens with one attached hydrogen (secondary N) is 1. The molecule has 0 bridgehead atoms. The van der Waals surface area contributed by atoms with E-state index in [0.717, 1.165) is 13.2 Å². The van der Waals surface area contributed by atoms with Gasteiger partial charge in [-0.1, -0.05) is 40.5 Å². The molecule has 0 aliphatic rings. The average molecular weight is 257 g/mol. The molecular weight excluding hydrogens is 222 g/mol. The molecule has 0 fully saturated rings. The first kappa shape index (κ1) is 17.9. The molecule has 0 aliphatic heterocycles. The van der Waals surface area contributed by atoms with Gasteiger partial charge in [-0.3, -0.25) is 0 Å². The number of hydrogen-bond donors (Lipinski definition) is 1. The summed E-state index contributed by atoms with van der Waals surface area (Å²) in [5.74, 6) is 0. The third-order valence-corrected chi connectivity index (χ3v) is 3.78. The maximum atomic E-state index is 5.76. The van der Waals surface area contributed by atoms with Gasteiger partial charge in [-0.25, -0.2) is 0 Å². The van der Waals surface area contributed by atoms with E-state index in [2.05, 4.69) is 46.9 Å². The van der Waals surface area contributed by atoms with Crippen molar-refractivity contribution in [3.63, 3.8) is 0 Å². The number of rotatable bonds is 11. The molecule has 1 unspecified atom stereocenters. The molecular formula is C16H35NO. The maximum absolute atomic E-state index is 5.76. The average Bonchev–Trinajstić information content (AvgIpc) is 2.32. The van der Waals surface area contributed by atoms with Gasteiger partial charge < -0.3 is 10.1 Å². The van der Waals surface area contributed by atoms with Crippen molar-refractivity contribution in [1.82, 2.24) is 5.32 Å². The van der Waals surface area contributed by atoms with Gasteiger partial charge in [0.05, 0.1) is 6.10 Å². The molecule has 0 aliphatic carbocycles. The van der Waals surface area contributed by atoms with E-state index in [-0.39, 0.29) is 0 Å². The first-order valence-electron chi connectivity index (χ1n) is 7.80. The lowest BCUT2D eigenvalue weighted by molar-refractivity contribution is 0.0453. The normalized spacial score (nSPS) is 15.3. The molecule has 110 valence electrons. The zero-order chi connectivity index (χ0) is 14.0. The Bertz CT molecular complexity index is 192. The van der Waals surface area contributed by atoms with Crippen LogP contribution in [-0.4, -0.2) is 25.3 Å². The van der Waals surface area contributed by atoms with E-state index >= 15 is 0 Å². The quantitative estimate of drug-likeness (QED) is 0.593. The Morgan fingerprint density at radius 1 is 1.06 bits per heavy atom. The Balaban J connectivity index is 4.33. The Morgan fingerprint density at radius 3 is 2.17 bits per heavy atom. The molecule has 1 atom stereocenters. The topological polar surface area (TPSA) is 21.3 Å². The second-order valence-electron chi connectivity index (χ2n) is 6.16. The molecule has 0 aromatic heterocycles. The van der Waals surface area contributed by atoms with Gasteiger partial charge in [-0.05, 0) is 38.5 Å². The van der Waals surface area contributed by atoms with Gasteiger partial charge in [-0.15, -0.1) is 0 Å². The summed E-state index contributed by atoms with van der Waals surface area (Å²) in [6.07, 6.45) is 6.71. The van der Waals surface area contributed by atoms with Crippen LogP contribution in [0.4, 0.5) is 0 Å². The molecule has 0 saturated carbocycles. The summed E-state index contributed by atoms with van der Waals surface area (Å²) in [5.41, 5.74) is 0.426. The van der Waals surface area contributed by atoms with Crippen LogP contribution in [0.15, 0.2) is 0 Å². The van der Waals surface area contributed by atoms with Gasteiger partial charge in [0.2, 0.25) is 0 Å². The van der Waals surface area contributed by atoms with E-state index in [1.807, 2.05) is 0 Å². The van der Waals surface area contributed by atoms with Crippen molar-refractivity contribution >= 4 is 0 Å². The van der Waals surface area contributed by atoms with Crippen LogP contribution >= 0.6 is 0 Å². The Hall–Kier alpha value is -0.0800. The third kappa shape index (κ3) is 8.10. The number of unbranched alkanes of at least 4 members (excludes halogenated alkanes) is 1. The lowest BCUT2D eigenvalue weighted by atomic mass is 9.77. The highest BCUT2D eigenvalue weighted by Gasteiger charge is 2.27. The van der Waals surface area contributed by atoms with Crippen molar-refractivity contribution in [2.24, 2.45) is 5.41 Å². The van der Waals surface area contributed by atoms with Crippen molar-refractivity contribution in [3.05, 3.63) is 0 Å². The summed E-state index contributed by atoms with van der Waals surface area (Å²) >= 11 is 0. The highest BCUT2D eigenvalue weighted by Crippen LogP contribution is 2.32. The van der Waals surface area contributed by atoms with Crippen LogP contribution in [0.3, 0.4) is 0 Å². The molecule has 0 amide bonds. The first-order chi connectivity index (χ1) is 8.45. The van der Waals surface area contributed by atoms with Crippen molar-refractivity contribution in [1.29, 1.82) is 0 Å². The molecule has 0 rings (SSSR count). The zero-order valence-electron chi connectivity index (χ0n) is 13.5. The molecule has 2 heteroatoms. The molecule has 0 aromatic rings. The first-order valence-corrected chi connectivity index (χ1v) is 7.80. The summed E-state index contributed by atoms with van der Waals surface area (Å²) in [5, 5.41) is 3.63. The van der Waals surface area contributed by atoms with E-state index in [9.17, 15) is 0 Å². The summed E-state index contributed by atoms with van der Waals surface area (Å²) in [6, 6.07) is 0.573. The van der Waals surface area contributed by atoms with Crippen LogP contribution in [0, 0.1) is 5.41 Å². The minimum atomic E-state index is 0.351. The molecule has 0 saturated heterocycles. The second kappa shape index (κ2) is 9.80. The monoisotopic (exact) mass is 257 g/mol. The van der Waals surface area contributed by atoms with Crippen LogP contribution in [-0.2, 0) is 4.74 Å². The summed E-state index contributed by atoms with van der Waals surface area (Å²) in [6.45, 7) is 15.3. The zero-order valence-corrected chi connectivity index (χ0v) is 13.5. The fourth-order valence-corrected chi connectivity index (χ4v) is 2.26. The van der Waals surface area contributed by atoms with Crippen molar-refractivity contribution in [2.45, 2.75) is 85.8 Å². The molecule has 0 spiro atoms. The molecule has 0 heterocycles. The summed E-state index contributed by atoms with van der Waals surface area (Å²) < 4.78 is 5.76. The van der Waals surface area contributed by atoms with Gasteiger partial charge in [0.25, 0.3) is 0 Å². The van der Waals surface area contributed by atoms with E-state index in [0.29, 0.717) is 17.6 Å². The Morgan fingerprint density at radius 2 is 1.72 bits per heavy atom.